The Morgan fingerprint density at radius 3 is 2.26 bits per heavy atom. The first-order chi connectivity index (χ1) is 16.5. The van der Waals surface area contributed by atoms with E-state index in [4.69, 9.17) is 23.2 Å². The average molecular weight is 541 g/mol. The molecule has 0 radical (unpaired) electrons. The maximum Gasteiger partial charge on any atom is 0.244 e. The molecule has 0 aliphatic heterocycles. The summed E-state index contributed by atoms with van der Waals surface area (Å²) < 4.78 is 26.2. The van der Waals surface area contributed by atoms with Crippen LogP contribution in [0.5, 0.6) is 0 Å². The van der Waals surface area contributed by atoms with E-state index in [1.165, 1.54) is 11.0 Å². The van der Waals surface area contributed by atoms with Crippen molar-refractivity contribution in [3.8, 4) is 0 Å². The van der Waals surface area contributed by atoms with Gasteiger partial charge in [-0.1, -0.05) is 60.7 Å². The van der Waals surface area contributed by atoms with Gasteiger partial charge in [-0.15, -0.1) is 0 Å². The summed E-state index contributed by atoms with van der Waals surface area (Å²) in [7, 11) is -3.81. The number of nitrogens with zero attached hydrogens (tertiary/aromatic N) is 2. The van der Waals surface area contributed by atoms with E-state index in [9.17, 15) is 18.0 Å². The van der Waals surface area contributed by atoms with Gasteiger partial charge in [0, 0.05) is 22.6 Å². The van der Waals surface area contributed by atoms with Crippen molar-refractivity contribution < 1.29 is 18.0 Å². The Kier molecular flexibility index (Phi) is 9.44. The standard InChI is InChI=1S/C25H31Cl2N3O4S/c1-18(25(32)28-22-11-4-3-5-12-22)29(16-19-8-6-9-20(26)14-19)24(31)17-30(35(2,33)34)23-13-7-10-21(27)15-23/h6-10,13-15,18,22H,3-5,11-12,16-17H2,1-2H3,(H,28,32). The monoisotopic (exact) mass is 539 g/mol. The number of hydrogen-bond acceptors (Lipinski definition) is 4. The van der Waals surface area contributed by atoms with Crippen molar-refractivity contribution in [2.24, 2.45) is 0 Å². The number of amides is 2. The molecule has 1 N–H and O–H groups in total. The molecule has 1 fully saturated rings. The predicted octanol–water partition coefficient (Wildman–Crippen LogP) is 4.63. The van der Waals surface area contributed by atoms with E-state index in [1.54, 1.807) is 43.3 Å². The number of halogens is 2. The molecule has 0 spiro atoms. The smallest absolute Gasteiger partial charge is 0.244 e. The van der Waals surface area contributed by atoms with Crippen LogP contribution in [0.3, 0.4) is 0 Å². The lowest BCUT2D eigenvalue weighted by molar-refractivity contribution is -0.139. The van der Waals surface area contributed by atoms with Gasteiger partial charge in [-0.25, -0.2) is 8.42 Å². The van der Waals surface area contributed by atoms with Crippen molar-refractivity contribution in [1.29, 1.82) is 0 Å². The third-order valence-electron chi connectivity index (χ3n) is 6.14. The quantitative estimate of drug-likeness (QED) is 0.503. The maximum absolute atomic E-state index is 13.6. The molecule has 1 aliphatic rings. The first kappa shape index (κ1) is 27.3. The predicted molar refractivity (Wildman–Crippen MR) is 140 cm³/mol. The van der Waals surface area contributed by atoms with Crippen molar-refractivity contribution in [2.45, 2.75) is 57.7 Å². The summed E-state index contributed by atoms with van der Waals surface area (Å²) in [6.45, 7) is 1.29. The van der Waals surface area contributed by atoms with Crippen LogP contribution in [0.15, 0.2) is 48.5 Å². The summed E-state index contributed by atoms with van der Waals surface area (Å²) >= 11 is 12.2. The van der Waals surface area contributed by atoms with Gasteiger partial charge >= 0.3 is 0 Å². The topological polar surface area (TPSA) is 86.8 Å². The normalized spacial score (nSPS) is 15.3. The molecule has 2 aromatic carbocycles. The molecule has 1 aliphatic carbocycles. The van der Waals surface area contributed by atoms with Crippen LogP contribution >= 0.6 is 23.2 Å². The van der Waals surface area contributed by atoms with Crippen LogP contribution in [-0.2, 0) is 26.2 Å². The molecule has 0 heterocycles. The highest BCUT2D eigenvalue weighted by Gasteiger charge is 2.31. The molecule has 1 unspecified atom stereocenters. The Hall–Kier alpha value is -2.29. The van der Waals surface area contributed by atoms with Gasteiger partial charge in [-0.3, -0.25) is 13.9 Å². The first-order valence-corrected chi connectivity index (χ1v) is 14.2. The zero-order valence-corrected chi connectivity index (χ0v) is 22.2. The van der Waals surface area contributed by atoms with Crippen molar-refractivity contribution in [3.63, 3.8) is 0 Å². The zero-order valence-electron chi connectivity index (χ0n) is 19.9. The fourth-order valence-electron chi connectivity index (χ4n) is 4.23. The Morgan fingerprint density at radius 1 is 1.03 bits per heavy atom. The highest BCUT2D eigenvalue weighted by Crippen LogP contribution is 2.23. The van der Waals surface area contributed by atoms with Crippen molar-refractivity contribution >= 4 is 50.7 Å². The fraction of sp³-hybridized carbons (Fsp3) is 0.440. The van der Waals surface area contributed by atoms with Crippen molar-refractivity contribution in [1.82, 2.24) is 10.2 Å². The summed E-state index contributed by atoms with van der Waals surface area (Å²) in [5.74, 6) is -0.775. The van der Waals surface area contributed by atoms with E-state index in [0.717, 1.165) is 48.2 Å². The number of anilines is 1. The number of rotatable bonds is 9. The molecular weight excluding hydrogens is 509 g/mol. The molecule has 0 bridgehead atoms. The molecule has 190 valence electrons. The fourth-order valence-corrected chi connectivity index (χ4v) is 5.47. The van der Waals surface area contributed by atoms with Crippen LogP contribution < -0.4 is 9.62 Å². The Labute approximate surface area is 217 Å². The van der Waals surface area contributed by atoms with Crippen LogP contribution in [0.1, 0.15) is 44.6 Å². The molecule has 10 heteroatoms. The number of carbonyl (C=O) groups is 2. The van der Waals surface area contributed by atoms with E-state index in [0.29, 0.717) is 10.0 Å². The van der Waals surface area contributed by atoms with E-state index in [1.807, 2.05) is 6.07 Å². The number of benzene rings is 2. The molecule has 3 rings (SSSR count). The van der Waals surface area contributed by atoms with E-state index >= 15 is 0 Å². The van der Waals surface area contributed by atoms with Crippen LogP contribution in [0.25, 0.3) is 0 Å². The Balaban J connectivity index is 1.87. The average Bonchev–Trinajstić information content (AvgIpc) is 2.80. The van der Waals surface area contributed by atoms with E-state index < -0.39 is 28.5 Å². The third kappa shape index (κ3) is 7.85. The van der Waals surface area contributed by atoms with Gasteiger partial charge in [0.1, 0.15) is 12.6 Å². The van der Waals surface area contributed by atoms with Gasteiger partial charge in [0.05, 0.1) is 11.9 Å². The van der Waals surface area contributed by atoms with Crippen LogP contribution in [0.4, 0.5) is 5.69 Å². The molecule has 2 aromatic rings. The molecule has 1 saturated carbocycles. The van der Waals surface area contributed by atoms with Crippen LogP contribution in [0.2, 0.25) is 10.0 Å². The molecule has 2 amide bonds. The summed E-state index contributed by atoms with van der Waals surface area (Å²) in [4.78, 5) is 28.1. The number of hydrogen-bond donors (Lipinski definition) is 1. The summed E-state index contributed by atoms with van der Waals surface area (Å²) in [5.41, 5.74) is 1.01. The Bertz CT molecular complexity index is 1150. The first-order valence-electron chi connectivity index (χ1n) is 11.6. The van der Waals surface area contributed by atoms with Gasteiger partial charge in [0.25, 0.3) is 0 Å². The number of sulfonamides is 1. The van der Waals surface area contributed by atoms with Gasteiger partial charge in [-0.05, 0) is 55.7 Å². The minimum Gasteiger partial charge on any atom is -0.352 e. The minimum atomic E-state index is -3.81. The lowest BCUT2D eigenvalue weighted by Crippen LogP contribution is -2.52. The van der Waals surface area contributed by atoms with Gasteiger partial charge in [0.15, 0.2) is 0 Å². The van der Waals surface area contributed by atoms with Crippen molar-refractivity contribution in [3.05, 3.63) is 64.1 Å². The van der Waals surface area contributed by atoms with E-state index in [2.05, 4.69) is 5.32 Å². The lowest BCUT2D eigenvalue weighted by atomic mass is 9.95. The SMILES string of the molecule is CC(C(=O)NC1CCCCC1)N(Cc1cccc(Cl)c1)C(=O)CN(c1cccc(Cl)c1)S(C)(=O)=O. The molecule has 35 heavy (non-hydrogen) atoms. The second kappa shape index (κ2) is 12.1. The van der Waals surface area contributed by atoms with Crippen LogP contribution in [0, 0.1) is 0 Å². The molecular formula is C25H31Cl2N3O4S. The molecule has 0 aromatic heterocycles. The summed E-state index contributed by atoms with van der Waals surface area (Å²) in [5, 5.41) is 3.92. The number of carbonyl (C=O) groups excluding carboxylic acids is 2. The second-order valence-corrected chi connectivity index (χ2v) is 11.7. The summed E-state index contributed by atoms with van der Waals surface area (Å²) in [6.07, 6.45) is 6.14. The van der Waals surface area contributed by atoms with Gasteiger partial charge in [0.2, 0.25) is 21.8 Å². The molecule has 7 nitrogen and oxygen atoms in total. The molecule has 1 atom stereocenters. The second-order valence-electron chi connectivity index (χ2n) is 8.92. The van der Waals surface area contributed by atoms with Gasteiger partial charge < -0.3 is 10.2 Å². The number of nitrogens with one attached hydrogen (secondary N) is 1. The van der Waals surface area contributed by atoms with Gasteiger partial charge in [-0.2, -0.15) is 0 Å². The largest absolute Gasteiger partial charge is 0.352 e. The highest BCUT2D eigenvalue weighted by molar-refractivity contribution is 7.92. The highest BCUT2D eigenvalue weighted by atomic mass is 35.5. The zero-order chi connectivity index (χ0) is 25.6. The van der Waals surface area contributed by atoms with Crippen LogP contribution in [-0.4, -0.2) is 50.0 Å². The van der Waals surface area contributed by atoms with Crippen molar-refractivity contribution in [2.75, 3.05) is 17.1 Å². The maximum atomic E-state index is 13.6. The van der Waals surface area contributed by atoms with E-state index in [-0.39, 0.29) is 24.2 Å². The molecule has 0 saturated heterocycles. The third-order valence-corrected chi connectivity index (χ3v) is 7.75. The minimum absolute atomic E-state index is 0.0841. The summed E-state index contributed by atoms with van der Waals surface area (Å²) in [6, 6.07) is 12.6. The lowest BCUT2D eigenvalue weighted by Gasteiger charge is -2.33. The Morgan fingerprint density at radius 2 is 1.66 bits per heavy atom.